The molecule has 0 bridgehead atoms. The number of phenols is 2. The van der Waals surface area contributed by atoms with Crippen LogP contribution in [0.2, 0.25) is 0 Å². The summed E-state index contributed by atoms with van der Waals surface area (Å²) in [5, 5.41) is 18.7. The lowest BCUT2D eigenvalue weighted by Gasteiger charge is -2.08. The third-order valence-electron chi connectivity index (χ3n) is 3.67. The Morgan fingerprint density at radius 1 is 0.750 bits per heavy atom. The van der Waals surface area contributed by atoms with Gasteiger partial charge in [-0.25, -0.2) is 9.59 Å². The lowest BCUT2D eigenvalue weighted by Crippen LogP contribution is -2.10. The fourth-order valence-electron chi connectivity index (χ4n) is 2.44. The molecule has 0 atom stereocenters. The van der Waals surface area contributed by atoms with Crippen molar-refractivity contribution in [1.82, 2.24) is 0 Å². The third kappa shape index (κ3) is 3.98. The summed E-state index contributed by atoms with van der Waals surface area (Å²) in [4.78, 5) is 21.7. The van der Waals surface area contributed by atoms with Crippen molar-refractivity contribution in [2.24, 2.45) is 0 Å². The first-order valence-electron chi connectivity index (χ1n) is 7.71. The van der Waals surface area contributed by atoms with E-state index < -0.39 is 23.0 Å². The minimum Gasteiger partial charge on any atom is -0.504 e. The number of hydrogen-bond acceptors (Lipinski definition) is 6. The van der Waals surface area contributed by atoms with Gasteiger partial charge in [0.05, 0.1) is 5.56 Å². The summed E-state index contributed by atoms with van der Waals surface area (Å²) in [7, 11) is 0. The molecule has 0 aliphatic carbocycles. The van der Waals surface area contributed by atoms with Crippen LogP contribution >= 0.6 is 0 Å². The van der Waals surface area contributed by atoms with E-state index in [4.69, 9.17) is 14.6 Å². The molecular weight excluding hydrogens is 381 g/mol. The highest BCUT2D eigenvalue weighted by atomic mass is 19.4. The zero-order valence-electron chi connectivity index (χ0n) is 13.9. The van der Waals surface area contributed by atoms with Crippen LogP contribution in [-0.2, 0) is 6.18 Å². The van der Waals surface area contributed by atoms with Gasteiger partial charge in [-0.05, 0) is 18.2 Å². The summed E-state index contributed by atoms with van der Waals surface area (Å²) in [6.07, 6.45) is -4.55. The quantitative estimate of drug-likeness (QED) is 0.346. The average molecular weight is 392 g/mol. The van der Waals surface area contributed by atoms with Crippen LogP contribution in [-0.4, -0.2) is 10.2 Å². The molecule has 2 heterocycles. The Morgan fingerprint density at radius 2 is 1.39 bits per heavy atom. The number of aromatic hydroxyl groups is 2. The summed E-state index contributed by atoms with van der Waals surface area (Å²) in [6.45, 7) is 0. The van der Waals surface area contributed by atoms with Gasteiger partial charge in [0, 0.05) is 29.0 Å². The Hall–Kier alpha value is -3.75. The Labute approximate surface area is 153 Å². The molecule has 0 fully saturated rings. The van der Waals surface area contributed by atoms with Crippen molar-refractivity contribution in [1.29, 1.82) is 0 Å². The largest absolute Gasteiger partial charge is 0.504 e. The number of benzene rings is 2. The normalized spacial score (nSPS) is 11.2. The molecule has 4 aromatic rings. The van der Waals surface area contributed by atoms with Crippen LogP contribution in [0.1, 0.15) is 5.56 Å². The fourth-order valence-corrected chi connectivity index (χ4v) is 2.44. The maximum atomic E-state index is 12.5. The molecule has 0 saturated heterocycles. The van der Waals surface area contributed by atoms with Crippen molar-refractivity contribution in [3.8, 4) is 11.5 Å². The molecule has 6 nitrogen and oxygen atoms in total. The molecule has 144 valence electrons. The number of hydrogen-bond donors (Lipinski definition) is 2. The van der Waals surface area contributed by atoms with E-state index in [0.717, 1.165) is 0 Å². The van der Waals surface area contributed by atoms with Crippen LogP contribution in [0.25, 0.3) is 21.9 Å². The van der Waals surface area contributed by atoms with Crippen molar-refractivity contribution in [2.75, 3.05) is 0 Å². The number of halogens is 3. The van der Waals surface area contributed by atoms with E-state index in [1.54, 1.807) is 0 Å². The summed E-state index contributed by atoms with van der Waals surface area (Å²) in [5.41, 5.74) is -2.26. The topological polar surface area (TPSA) is 101 Å². The molecule has 2 N–H and O–H groups in total. The van der Waals surface area contributed by atoms with Gasteiger partial charge >= 0.3 is 17.4 Å². The van der Waals surface area contributed by atoms with Crippen molar-refractivity contribution < 1.29 is 32.2 Å². The molecule has 0 aliphatic heterocycles. The third-order valence-corrected chi connectivity index (χ3v) is 3.67. The van der Waals surface area contributed by atoms with Crippen LogP contribution in [0.15, 0.2) is 73.0 Å². The minimum atomic E-state index is -4.55. The molecule has 2 aromatic heterocycles. The molecule has 0 aliphatic rings. The minimum absolute atomic E-state index is 0.0580. The maximum absolute atomic E-state index is 12.5. The smallest absolute Gasteiger partial charge is 0.417 e. The van der Waals surface area contributed by atoms with Gasteiger partial charge in [0.2, 0.25) is 0 Å². The molecule has 0 radical (unpaired) electrons. The molecule has 4 rings (SSSR count). The van der Waals surface area contributed by atoms with Crippen LogP contribution in [0.3, 0.4) is 0 Å². The second-order valence-electron chi connectivity index (χ2n) is 5.61. The van der Waals surface area contributed by atoms with E-state index in [1.165, 1.54) is 48.5 Å². The molecule has 28 heavy (non-hydrogen) atoms. The van der Waals surface area contributed by atoms with Crippen molar-refractivity contribution >= 4 is 21.9 Å². The van der Waals surface area contributed by atoms with Crippen LogP contribution in [0.5, 0.6) is 11.5 Å². The Kier molecular flexibility index (Phi) is 4.83. The SMILES string of the molecule is O=c1cc(C(F)(F)F)c2ccccc2o1.O=c1ccc2cc(O)c(O)cc2o1. The van der Waals surface area contributed by atoms with Crippen LogP contribution in [0.4, 0.5) is 13.2 Å². The summed E-state index contributed by atoms with van der Waals surface area (Å²) in [5.74, 6) is -0.539. The van der Waals surface area contributed by atoms with Gasteiger partial charge < -0.3 is 19.0 Å². The van der Waals surface area contributed by atoms with E-state index in [0.29, 0.717) is 11.5 Å². The van der Waals surface area contributed by atoms with Gasteiger partial charge in [0.15, 0.2) is 11.5 Å². The Bertz CT molecular complexity index is 1270. The maximum Gasteiger partial charge on any atom is 0.417 e. The van der Waals surface area contributed by atoms with Gasteiger partial charge in [-0.2, -0.15) is 13.2 Å². The Morgan fingerprint density at radius 3 is 2.11 bits per heavy atom. The van der Waals surface area contributed by atoms with Crippen LogP contribution < -0.4 is 11.3 Å². The molecule has 9 heteroatoms. The van der Waals surface area contributed by atoms with E-state index in [1.807, 2.05) is 0 Å². The van der Waals surface area contributed by atoms with Crippen molar-refractivity contribution in [3.05, 3.63) is 81.0 Å². The van der Waals surface area contributed by atoms with Gasteiger partial charge in [0.25, 0.3) is 0 Å². The molecule has 0 unspecified atom stereocenters. The second kappa shape index (κ2) is 7.10. The summed E-state index contributed by atoms with van der Waals surface area (Å²) in [6, 6.07) is 11.3. The summed E-state index contributed by atoms with van der Waals surface area (Å²) < 4.78 is 47.0. The lowest BCUT2D eigenvalue weighted by molar-refractivity contribution is -0.136. The molecular formula is C19H11F3O6. The number of rotatable bonds is 0. The standard InChI is InChI=1S/C10H5F3O2.C9H6O4/c11-10(12,13)7-5-9(14)15-8-4-2-1-3-6(7)8;10-6-3-5-1-2-9(12)13-8(5)4-7(6)11/h1-5H;1-4,10-11H. The van der Waals surface area contributed by atoms with Gasteiger partial charge in [0.1, 0.15) is 11.2 Å². The predicted molar refractivity (Wildman–Crippen MR) is 93.3 cm³/mol. The fraction of sp³-hybridized carbons (Fsp3) is 0.0526. The zero-order chi connectivity index (χ0) is 20.5. The molecule has 0 spiro atoms. The van der Waals surface area contributed by atoms with Crippen LogP contribution in [0, 0.1) is 0 Å². The van der Waals surface area contributed by atoms with Crippen molar-refractivity contribution in [3.63, 3.8) is 0 Å². The second-order valence-corrected chi connectivity index (χ2v) is 5.61. The highest BCUT2D eigenvalue weighted by molar-refractivity contribution is 5.81. The van der Waals surface area contributed by atoms with E-state index in [-0.39, 0.29) is 28.1 Å². The van der Waals surface area contributed by atoms with Gasteiger partial charge in [-0.15, -0.1) is 0 Å². The molecule has 0 amide bonds. The summed E-state index contributed by atoms with van der Waals surface area (Å²) >= 11 is 0. The first kappa shape index (κ1) is 19.0. The molecule has 0 saturated carbocycles. The highest BCUT2D eigenvalue weighted by Gasteiger charge is 2.33. The van der Waals surface area contributed by atoms with Gasteiger partial charge in [-0.3, -0.25) is 0 Å². The number of fused-ring (bicyclic) bond motifs is 2. The predicted octanol–water partition coefficient (Wildman–Crippen LogP) is 4.02. The number of alkyl halides is 3. The number of para-hydroxylation sites is 1. The first-order chi connectivity index (χ1) is 13.1. The zero-order valence-corrected chi connectivity index (χ0v) is 13.9. The highest BCUT2D eigenvalue weighted by Crippen LogP contribution is 2.33. The lowest BCUT2D eigenvalue weighted by atomic mass is 10.1. The number of phenolic OH excluding ortho intramolecular Hbond substituents is 2. The Balaban J connectivity index is 0.000000162. The monoisotopic (exact) mass is 392 g/mol. The van der Waals surface area contributed by atoms with E-state index >= 15 is 0 Å². The van der Waals surface area contributed by atoms with E-state index in [9.17, 15) is 22.8 Å². The first-order valence-corrected chi connectivity index (χ1v) is 7.71. The van der Waals surface area contributed by atoms with Crippen molar-refractivity contribution in [2.45, 2.75) is 6.18 Å². The van der Waals surface area contributed by atoms with Gasteiger partial charge in [-0.1, -0.05) is 18.2 Å². The average Bonchev–Trinajstić information content (AvgIpc) is 2.62. The van der Waals surface area contributed by atoms with E-state index in [2.05, 4.69) is 4.42 Å². The molecule has 2 aromatic carbocycles.